The van der Waals surface area contributed by atoms with Gasteiger partial charge in [0.25, 0.3) is 5.91 Å². The maximum atomic E-state index is 12.8. The Kier molecular flexibility index (Phi) is 5.48. The summed E-state index contributed by atoms with van der Waals surface area (Å²) in [6.45, 7) is 1.82. The molecule has 0 aromatic heterocycles. The first-order valence-electron chi connectivity index (χ1n) is 8.62. The highest BCUT2D eigenvalue weighted by atomic mass is 19.4. The molecular weight excluding hydrogens is 371 g/mol. The molecule has 2 aromatic carbocycles. The Labute approximate surface area is 159 Å². The van der Waals surface area contributed by atoms with E-state index in [2.05, 4.69) is 15.8 Å². The molecule has 2 unspecified atom stereocenters. The number of hydrogen-bond donors (Lipinski definition) is 2. The molecule has 0 spiro atoms. The van der Waals surface area contributed by atoms with Crippen LogP contribution >= 0.6 is 0 Å². The molecule has 0 radical (unpaired) electrons. The van der Waals surface area contributed by atoms with Gasteiger partial charge in [-0.05, 0) is 30.2 Å². The predicted octanol–water partition coefficient (Wildman–Crippen LogP) is 3.08. The molecule has 1 fully saturated rings. The second-order valence-electron chi connectivity index (χ2n) is 6.49. The topological polar surface area (TPSA) is 70.6 Å². The SMILES string of the molecule is CC(=NNC(=O)C1C(=O)NCC1c1ccccc1)c1cccc(C(F)(F)F)c1. The number of amides is 2. The fraction of sp³-hybridized carbons (Fsp3) is 0.250. The second kappa shape index (κ2) is 7.84. The average Bonchev–Trinajstić information content (AvgIpc) is 3.07. The Morgan fingerprint density at radius 2 is 1.86 bits per heavy atom. The van der Waals surface area contributed by atoms with Gasteiger partial charge in [-0.2, -0.15) is 18.3 Å². The van der Waals surface area contributed by atoms with Gasteiger partial charge in [0.05, 0.1) is 11.3 Å². The zero-order chi connectivity index (χ0) is 20.3. The van der Waals surface area contributed by atoms with E-state index in [4.69, 9.17) is 0 Å². The molecule has 8 heteroatoms. The van der Waals surface area contributed by atoms with E-state index >= 15 is 0 Å². The largest absolute Gasteiger partial charge is 0.416 e. The lowest BCUT2D eigenvalue weighted by molar-refractivity contribution is -0.137. The molecule has 2 aromatic rings. The van der Waals surface area contributed by atoms with Crippen LogP contribution in [-0.4, -0.2) is 24.1 Å². The Morgan fingerprint density at radius 1 is 1.14 bits per heavy atom. The number of benzene rings is 2. The third-order valence-corrected chi connectivity index (χ3v) is 4.63. The van der Waals surface area contributed by atoms with Gasteiger partial charge >= 0.3 is 6.18 Å². The average molecular weight is 389 g/mol. The zero-order valence-electron chi connectivity index (χ0n) is 15.0. The number of carbonyl (C=O) groups excluding carboxylic acids is 2. The van der Waals surface area contributed by atoms with E-state index in [0.717, 1.165) is 17.7 Å². The summed E-state index contributed by atoms with van der Waals surface area (Å²) in [4.78, 5) is 24.7. The smallest absolute Gasteiger partial charge is 0.355 e. The molecule has 2 N–H and O–H groups in total. The summed E-state index contributed by atoms with van der Waals surface area (Å²) in [5.74, 6) is -2.30. The van der Waals surface area contributed by atoms with Gasteiger partial charge in [0.15, 0.2) is 0 Å². The summed E-state index contributed by atoms with van der Waals surface area (Å²) in [5.41, 5.74) is 2.79. The minimum atomic E-state index is -4.47. The van der Waals surface area contributed by atoms with Crippen molar-refractivity contribution in [2.24, 2.45) is 11.0 Å². The zero-order valence-corrected chi connectivity index (χ0v) is 15.0. The number of nitrogens with zero attached hydrogens (tertiary/aromatic N) is 1. The number of nitrogens with one attached hydrogen (secondary N) is 2. The van der Waals surface area contributed by atoms with Crippen molar-refractivity contribution in [1.82, 2.24) is 10.7 Å². The molecule has 1 heterocycles. The van der Waals surface area contributed by atoms with Gasteiger partial charge in [0.1, 0.15) is 5.92 Å². The fourth-order valence-electron chi connectivity index (χ4n) is 3.13. The van der Waals surface area contributed by atoms with Gasteiger partial charge < -0.3 is 5.32 Å². The summed E-state index contributed by atoms with van der Waals surface area (Å²) in [6.07, 6.45) is -4.47. The van der Waals surface area contributed by atoms with Crippen molar-refractivity contribution in [3.8, 4) is 0 Å². The molecule has 2 amide bonds. The van der Waals surface area contributed by atoms with E-state index in [9.17, 15) is 22.8 Å². The van der Waals surface area contributed by atoms with Crippen LogP contribution in [0, 0.1) is 5.92 Å². The molecule has 1 aliphatic heterocycles. The van der Waals surface area contributed by atoms with Gasteiger partial charge in [-0.25, -0.2) is 5.43 Å². The van der Waals surface area contributed by atoms with Crippen molar-refractivity contribution >= 4 is 17.5 Å². The lowest BCUT2D eigenvalue weighted by Gasteiger charge is -2.15. The van der Waals surface area contributed by atoms with Gasteiger partial charge in [-0.1, -0.05) is 42.5 Å². The molecule has 0 saturated carbocycles. The number of halogens is 3. The molecule has 2 atom stereocenters. The van der Waals surface area contributed by atoms with E-state index in [0.29, 0.717) is 6.54 Å². The number of carbonyl (C=O) groups is 2. The van der Waals surface area contributed by atoms with Crippen molar-refractivity contribution in [1.29, 1.82) is 0 Å². The van der Waals surface area contributed by atoms with Crippen LogP contribution in [0.4, 0.5) is 13.2 Å². The van der Waals surface area contributed by atoms with E-state index in [1.54, 1.807) is 0 Å². The van der Waals surface area contributed by atoms with Crippen LogP contribution < -0.4 is 10.7 Å². The minimum Gasteiger partial charge on any atom is -0.355 e. The number of rotatable bonds is 4. The second-order valence-corrected chi connectivity index (χ2v) is 6.49. The van der Waals surface area contributed by atoms with E-state index in [1.165, 1.54) is 19.1 Å². The van der Waals surface area contributed by atoms with Gasteiger partial charge in [-0.15, -0.1) is 0 Å². The normalized spacial score (nSPS) is 20.0. The molecule has 5 nitrogen and oxygen atoms in total. The van der Waals surface area contributed by atoms with Gasteiger partial charge in [0.2, 0.25) is 5.91 Å². The van der Waals surface area contributed by atoms with Crippen LogP contribution in [0.2, 0.25) is 0 Å². The molecular formula is C20H18F3N3O2. The van der Waals surface area contributed by atoms with Crippen LogP contribution in [0.15, 0.2) is 59.7 Å². The van der Waals surface area contributed by atoms with Crippen LogP contribution in [0.5, 0.6) is 0 Å². The number of hydrazone groups is 1. The lowest BCUT2D eigenvalue weighted by Crippen LogP contribution is -2.35. The van der Waals surface area contributed by atoms with Crippen molar-refractivity contribution in [3.63, 3.8) is 0 Å². The summed E-state index contributed by atoms with van der Waals surface area (Å²) >= 11 is 0. The predicted molar refractivity (Wildman–Crippen MR) is 97.5 cm³/mol. The summed E-state index contributed by atoms with van der Waals surface area (Å²) < 4.78 is 38.5. The summed E-state index contributed by atoms with van der Waals surface area (Å²) in [5, 5.41) is 6.56. The third kappa shape index (κ3) is 4.21. The Balaban J connectivity index is 1.76. The van der Waals surface area contributed by atoms with Gasteiger partial charge in [-0.3, -0.25) is 9.59 Å². The number of hydrogen-bond acceptors (Lipinski definition) is 3. The van der Waals surface area contributed by atoms with Crippen LogP contribution in [0.1, 0.15) is 29.5 Å². The van der Waals surface area contributed by atoms with Crippen molar-refractivity contribution in [2.75, 3.05) is 6.54 Å². The van der Waals surface area contributed by atoms with E-state index in [-0.39, 0.29) is 17.2 Å². The van der Waals surface area contributed by atoms with Gasteiger partial charge in [0, 0.05) is 12.5 Å². The highest BCUT2D eigenvalue weighted by Crippen LogP contribution is 2.30. The number of alkyl halides is 3. The van der Waals surface area contributed by atoms with Crippen LogP contribution in [-0.2, 0) is 15.8 Å². The maximum Gasteiger partial charge on any atom is 0.416 e. The standard InChI is InChI=1S/C20H18F3N3O2/c1-12(14-8-5-9-15(10-14)20(21,22)23)25-26-19(28)17-16(11-24-18(17)27)13-6-3-2-4-7-13/h2-10,16-17H,11H2,1H3,(H,24,27)(H,26,28). The van der Waals surface area contributed by atoms with Crippen molar-refractivity contribution in [2.45, 2.75) is 19.0 Å². The molecule has 1 saturated heterocycles. The lowest BCUT2D eigenvalue weighted by atomic mass is 9.88. The van der Waals surface area contributed by atoms with Crippen LogP contribution in [0.3, 0.4) is 0 Å². The highest BCUT2D eigenvalue weighted by Gasteiger charge is 2.41. The Bertz CT molecular complexity index is 910. The first-order chi connectivity index (χ1) is 13.3. The summed E-state index contributed by atoms with van der Waals surface area (Å²) in [6, 6.07) is 13.8. The first-order valence-corrected chi connectivity index (χ1v) is 8.62. The molecule has 0 aliphatic carbocycles. The highest BCUT2D eigenvalue weighted by molar-refractivity contribution is 6.04. The fourth-order valence-corrected chi connectivity index (χ4v) is 3.13. The van der Waals surface area contributed by atoms with E-state index in [1.807, 2.05) is 30.3 Å². The molecule has 3 rings (SSSR count). The monoisotopic (exact) mass is 389 g/mol. The van der Waals surface area contributed by atoms with E-state index < -0.39 is 29.5 Å². The van der Waals surface area contributed by atoms with Crippen molar-refractivity contribution in [3.05, 3.63) is 71.3 Å². The first kappa shape index (κ1) is 19.6. The van der Waals surface area contributed by atoms with Crippen LogP contribution in [0.25, 0.3) is 0 Å². The quantitative estimate of drug-likeness (QED) is 0.479. The Hall–Kier alpha value is -3.16. The molecule has 1 aliphatic rings. The molecule has 28 heavy (non-hydrogen) atoms. The molecule has 146 valence electrons. The third-order valence-electron chi connectivity index (χ3n) is 4.63. The van der Waals surface area contributed by atoms with Crippen molar-refractivity contribution < 1.29 is 22.8 Å². The maximum absolute atomic E-state index is 12.8. The summed E-state index contributed by atoms with van der Waals surface area (Å²) in [7, 11) is 0. The Morgan fingerprint density at radius 3 is 2.54 bits per heavy atom. The minimum absolute atomic E-state index is 0.203. The molecule has 0 bridgehead atoms.